The van der Waals surface area contributed by atoms with Crippen LogP contribution in [0.3, 0.4) is 0 Å². The average molecular weight is 174 g/mol. The Bertz CT molecular complexity index is 348. The maximum atomic E-state index is 4.05. The predicted molar refractivity (Wildman–Crippen MR) is 51.1 cm³/mol. The van der Waals surface area contributed by atoms with Gasteiger partial charge in [0.2, 0.25) is 0 Å². The summed E-state index contributed by atoms with van der Waals surface area (Å²) in [7, 11) is 0. The molecule has 0 bridgehead atoms. The van der Waals surface area contributed by atoms with Crippen molar-refractivity contribution in [1.82, 2.24) is 4.37 Å². The molecule has 1 aromatic heterocycles. The van der Waals surface area contributed by atoms with Crippen molar-refractivity contribution in [3.8, 4) is 11.1 Å². The van der Waals surface area contributed by atoms with E-state index in [1.807, 2.05) is 24.6 Å². The maximum absolute atomic E-state index is 4.05. The minimum Gasteiger partial charge on any atom is -0.201 e. The highest BCUT2D eigenvalue weighted by Gasteiger charge is 1.96. The monoisotopic (exact) mass is 174 g/mol. The van der Waals surface area contributed by atoms with Gasteiger partial charge in [0.15, 0.2) is 0 Å². The molecule has 0 amide bonds. The topological polar surface area (TPSA) is 12.9 Å². The molecule has 1 heterocycles. The SMILES string of the molecule is Cc1[c]cc(-c2cnsc2)cc1. The lowest BCUT2D eigenvalue weighted by atomic mass is 10.1. The van der Waals surface area contributed by atoms with Gasteiger partial charge < -0.3 is 0 Å². The Labute approximate surface area is 75.9 Å². The number of nitrogens with zero attached hydrogens (tertiary/aromatic N) is 1. The molecule has 2 rings (SSSR count). The Hall–Kier alpha value is -1.15. The normalized spacial score (nSPS) is 10.1. The Balaban J connectivity index is 2.43. The molecule has 0 aliphatic heterocycles. The van der Waals surface area contributed by atoms with Gasteiger partial charge in [-0.1, -0.05) is 12.1 Å². The highest BCUT2D eigenvalue weighted by atomic mass is 32.1. The Morgan fingerprint density at radius 3 is 2.83 bits per heavy atom. The molecule has 0 aliphatic rings. The molecule has 0 saturated carbocycles. The maximum Gasteiger partial charge on any atom is 0.0485 e. The Morgan fingerprint density at radius 1 is 1.33 bits per heavy atom. The fraction of sp³-hybridized carbons (Fsp3) is 0.100. The van der Waals surface area contributed by atoms with E-state index in [1.165, 1.54) is 28.2 Å². The van der Waals surface area contributed by atoms with E-state index in [4.69, 9.17) is 0 Å². The summed E-state index contributed by atoms with van der Waals surface area (Å²) in [6, 6.07) is 9.32. The molecule has 1 aromatic carbocycles. The third-order valence-corrected chi connectivity index (χ3v) is 2.32. The molecule has 0 unspecified atom stereocenters. The summed E-state index contributed by atoms with van der Waals surface area (Å²) >= 11 is 1.47. The largest absolute Gasteiger partial charge is 0.201 e. The van der Waals surface area contributed by atoms with Gasteiger partial charge in [-0.25, -0.2) is 4.37 Å². The van der Waals surface area contributed by atoms with Crippen LogP contribution in [0.25, 0.3) is 11.1 Å². The van der Waals surface area contributed by atoms with Gasteiger partial charge in [0.1, 0.15) is 0 Å². The minimum atomic E-state index is 1.17. The van der Waals surface area contributed by atoms with Crippen LogP contribution in [-0.2, 0) is 0 Å². The lowest BCUT2D eigenvalue weighted by Gasteiger charge is -1.95. The summed E-state index contributed by atoms with van der Waals surface area (Å²) in [5.41, 5.74) is 3.53. The molecule has 0 fully saturated rings. The van der Waals surface area contributed by atoms with Crippen LogP contribution in [0.15, 0.2) is 29.8 Å². The van der Waals surface area contributed by atoms with E-state index in [1.54, 1.807) is 0 Å². The fourth-order valence-corrected chi connectivity index (χ4v) is 1.58. The van der Waals surface area contributed by atoms with Crippen molar-refractivity contribution < 1.29 is 0 Å². The zero-order valence-corrected chi connectivity index (χ0v) is 7.56. The van der Waals surface area contributed by atoms with E-state index < -0.39 is 0 Å². The zero-order valence-electron chi connectivity index (χ0n) is 6.74. The highest BCUT2D eigenvalue weighted by molar-refractivity contribution is 7.03. The molecule has 12 heavy (non-hydrogen) atoms. The van der Waals surface area contributed by atoms with Crippen molar-refractivity contribution in [2.45, 2.75) is 6.92 Å². The van der Waals surface area contributed by atoms with Crippen molar-refractivity contribution in [1.29, 1.82) is 0 Å². The first-order valence-corrected chi connectivity index (χ1v) is 4.58. The third-order valence-electron chi connectivity index (χ3n) is 1.73. The second kappa shape index (κ2) is 3.07. The molecule has 59 valence electrons. The van der Waals surface area contributed by atoms with E-state index in [0.29, 0.717) is 0 Å². The summed E-state index contributed by atoms with van der Waals surface area (Å²) in [4.78, 5) is 0. The molecule has 0 saturated heterocycles. The molecule has 1 radical (unpaired) electrons. The van der Waals surface area contributed by atoms with Gasteiger partial charge in [0.05, 0.1) is 0 Å². The summed E-state index contributed by atoms with van der Waals surface area (Å²) < 4.78 is 4.05. The van der Waals surface area contributed by atoms with E-state index >= 15 is 0 Å². The first kappa shape index (κ1) is 7.50. The second-order valence-corrected chi connectivity index (χ2v) is 3.33. The molecule has 2 aromatic rings. The number of rotatable bonds is 1. The lowest BCUT2D eigenvalue weighted by molar-refractivity contribution is 1.45. The van der Waals surface area contributed by atoms with Gasteiger partial charge in [0.25, 0.3) is 0 Å². The van der Waals surface area contributed by atoms with Crippen molar-refractivity contribution in [3.63, 3.8) is 0 Å². The Morgan fingerprint density at radius 2 is 2.25 bits per heavy atom. The standard InChI is InChI=1S/C10H8NS/c1-8-2-4-9(5-3-8)10-6-11-12-7-10/h2,4-7H,1H3. The van der Waals surface area contributed by atoms with Crippen LogP contribution in [0.1, 0.15) is 5.56 Å². The van der Waals surface area contributed by atoms with Gasteiger partial charge in [-0.15, -0.1) is 0 Å². The van der Waals surface area contributed by atoms with E-state index in [2.05, 4.69) is 22.6 Å². The summed E-state index contributed by atoms with van der Waals surface area (Å²) in [5, 5.41) is 2.04. The van der Waals surface area contributed by atoms with Crippen molar-refractivity contribution in [2.24, 2.45) is 0 Å². The van der Waals surface area contributed by atoms with Crippen LogP contribution < -0.4 is 0 Å². The van der Waals surface area contributed by atoms with Crippen molar-refractivity contribution in [3.05, 3.63) is 41.4 Å². The van der Waals surface area contributed by atoms with E-state index in [-0.39, 0.29) is 0 Å². The molecule has 2 heteroatoms. The number of hydrogen-bond acceptors (Lipinski definition) is 2. The van der Waals surface area contributed by atoms with Gasteiger partial charge in [-0.2, -0.15) is 0 Å². The van der Waals surface area contributed by atoms with Crippen LogP contribution in [0.4, 0.5) is 0 Å². The first-order valence-electron chi connectivity index (χ1n) is 3.74. The molecule has 0 N–H and O–H groups in total. The number of aryl methyl sites for hydroxylation is 1. The highest BCUT2D eigenvalue weighted by Crippen LogP contribution is 2.19. The smallest absolute Gasteiger partial charge is 0.0485 e. The first-order chi connectivity index (χ1) is 5.86. The fourth-order valence-electron chi connectivity index (χ4n) is 1.03. The van der Waals surface area contributed by atoms with Gasteiger partial charge in [0, 0.05) is 17.1 Å². The van der Waals surface area contributed by atoms with Gasteiger partial charge >= 0.3 is 0 Å². The van der Waals surface area contributed by atoms with Crippen LogP contribution in [0.5, 0.6) is 0 Å². The Kier molecular flexibility index (Phi) is 1.92. The van der Waals surface area contributed by atoms with E-state index in [9.17, 15) is 0 Å². The van der Waals surface area contributed by atoms with Crippen LogP contribution in [-0.4, -0.2) is 4.37 Å². The van der Waals surface area contributed by atoms with Crippen molar-refractivity contribution >= 4 is 11.5 Å². The molecule has 0 spiro atoms. The average Bonchev–Trinajstić information content (AvgIpc) is 2.58. The van der Waals surface area contributed by atoms with Crippen molar-refractivity contribution in [2.75, 3.05) is 0 Å². The third kappa shape index (κ3) is 1.38. The lowest BCUT2D eigenvalue weighted by Crippen LogP contribution is -1.74. The van der Waals surface area contributed by atoms with Crippen LogP contribution in [0.2, 0.25) is 0 Å². The van der Waals surface area contributed by atoms with Gasteiger partial charge in [-0.05, 0) is 41.7 Å². The van der Waals surface area contributed by atoms with Crippen LogP contribution >= 0.6 is 11.5 Å². The molecule has 0 atom stereocenters. The molecule has 1 nitrogen and oxygen atoms in total. The molecular weight excluding hydrogens is 166 g/mol. The molecule has 0 aliphatic carbocycles. The zero-order chi connectivity index (χ0) is 8.39. The summed E-state index contributed by atoms with van der Waals surface area (Å²) in [5.74, 6) is 0. The molecular formula is C10H8NS. The summed E-state index contributed by atoms with van der Waals surface area (Å²) in [6.07, 6.45) is 1.88. The predicted octanol–water partition coefficient (Wildman–Crippen LogP) is 2.92. The number of aromatic nitrogens is 1. The second-order valence-electron chi connectivity index (χ2n) is 2.67. The van der Waals surface area contributed by atoms with Crippen LogP contribution in [0, 0.1) is 13.0 Å². The van der Waals surface area contributed by atoms with Gasteiger partial charge in [-0.3, -0.25) is 0 Å². The number of hydrogen-bond donors (Lipinski definition) is 0. The minimum absolute atomic E-state index is 1.17. The van der Waals surface area contributed by atoms with E-state index in [0.717, 1.165) is 0 Å². The quantitative estimate of drug-likeness (QED) is 0.647. The summed E-state index contributed by atoms with van der Waals surface area (Å²) in [6.45, 7) is 2.04. The number of benzene rings is 1.